The number of carbonyl (C=O) groups excluding carboxylic acids is 2. The second kappa shape index (κ2) is 11.0. The molecule has 1 saturated carbocycles. The molecule has 1 aliphatic carbocycles. The summed E-state index contributed by atoms with van der Waals surface area (Å²) in [6, 6.07) is 14.1. The predicted molar refractivity (Wildman–Crippen MR) is 135 cm³/mol. The van der Waals surface area contributed by atoms with Crippen molar-refractivity contribution in [1.29, 1.82) is 0 Å². The first-order valence-electron chi connectivity index (χ1n) is 11.7. The highest BCUT2D eigenvalue weighted by molar-refractivity contribution is 7.92. The number of hydrogen-bond donors (Lipinski definition) is 1. The van der Waals surface area contributed by atoms with Crippen molar-refractivity contribution in [3.05, 3.63) is 65.2 Å². The molecule has 8 heteroatoms. The van der Waals surface area contributed by atoms with E-state index in [-0.39, 0.29) is 25.0 Å². The molecule has 1 N–H and O–H groups in total. The molecule has 0 bridgehead atoms. The Morgan fingerprint density at radius 2 is 1.50 bits per heavy atom. The molecule has 0 heterocycles. The number of carbonyl (C=O) groups is 2. The highest BCUT2D eigenvalue weighted by Gasteiger charge is 2.31. The average Bonchev–Trinajstić information content (AvgIpc) is 3.29. The van der Waals surface area contributed by atoms with Gasteiger partial charge >= 0.3 is 0 Å². The molecule has 1 unspecified atom stereocenters. The monoisotopic (exact) mass is 485 g/mol. The average molecular weight is 486 g/mol. The highest BCUT2D eigenvalue weighted by Crippen LogP contribution is 2.21. The Balaban J connectivity index is 1.86. The smallest absolute Gasteiger partial charge is 0.244 e. The van der Waals surface area contributed by atoms with Gasteiger partial charge in [0.05, 0.1) is 11.9 Å². The van der Waals surface area contributed by atoms with E-state index in [0.717, 1.165) is 52.9 Å². The van der Waals surface area contributed by atoms with Crippen molar-refractivity contribution in [2.45, 2.75) is 65.1 Å². The molecule has 0 radical (unpaired) electrons. The number of amides is 2. The Hall–Kier alpha value is -2.87. The van der Waals surface area contributed by atoms with E-state index >= 15 is 0 Å². The first-order valence-corrected chi connectivity index (χ1v) is 13.6. The molecule has 0 aliphatic heterocycles. The molecule has 7 nitrogen and oxygen atoms in total. The lowest BCUT2D eigenvalue weighted by molar-refractivity contribution is -0.139. The van der Waals surface area contributed by atoms with Crippen LogP contribution in [0.5, 0.6) is 0 Å². The molecule has 0 aromatic heterocycles. The number of nitrogens with one attached hydrogen (secondary N) is 1. The third-order valence-corrected chi connectivity index (χ3v) is 7.48. The van der Waals surface area contributed by atoms with Gasteiger partial charge in [0.2, 0.25) is 21.8 Å². The minimum Gasteiger partial charge on any atom is -0.352 e. The molecular weight excluding hydrogens is 450 g/mol. The molecule has 2 amide bonds. The third kappa shape index (κ3) is 6.82. The summed E-state index contributed by atoms with van der Waals surface area (Å²) in [5, 5.41) is 3.07. The van der Waals surface area contributed by atoms with Gasteiger partial charge in [0.25, 0.3) is 0 Å². The van der Waals surface area contributed by atoms with Crippen LogP contribution in [0.3, 0.4) is 0 Å². The maximum Gasteiger partial charge on any atom is 0.244 e. The standard InChI is InChI=1S/C26H35N3O4S/c1-19-9-13-22(14-10-19)17-28(21(3)26(31)27-23-7-5-6-8-23)25(30)18-29(34(4,32)33)24-15-11-20(2)12-16-24/h9-16,21,23H,5-8,17-18H2,1-4H3,(H,27,31). The maximum absolute atomic E-state index is 13.5. The minimum absolute atomic E-state index is 0.131. The number of aryl methyl sites for hydroxylation is 2. The summed E-state index contributed by atoms with van der Waals surface area (Å²) < 4.78 is 26.3. The molecule has 1 fully saturated rings. The minimum atomic E-state index is -3.72. The summed E-state index contributed by atoms with van der Waals surface area (Å²) in [6.45, 7) is 5.43. The lowest BCUT2D eigenvalue weighted by Crippen LogP contribution is -2.52. The lowest BCUT2D eigenvalue weighted by atomic mass is 10.1. The van der Waals surface area contributed by atoms with Crippen molar-refractivity contribution in [2.24, 2.45) is 0 Å². The van der Waals surface area contributed by atoms with Crippen LogP contribution in [0, 0.1) is 13.8 Å². The van der Waals surface area contributed by atoms with Crippen LogP contribution < -0.4 is 9.62 Å². The van der Waals surface area contributed by atoms with Crippen LogP contribution in [0.2, 0.25) is 0 Å². The Morgan fingerprint density at radius 1 is 0.971 bits per heavy atom. The van der Waals surface area contributed by atoms with E-state index in [1.807, 2.05) is 38.1 Å². The number of sulfonamides is 1. The fourth-order valence-electron chi connectivity index (χ4n) is 4.19. The molecule has 1 aliphatic rings. The van der Waals surface area contributed by atoms with Crippen molar-refractivity contribution in [3.63, 3.8) is 0 Å². The number of hydrogen-bond acceptors (Lipinski definition) is 4. The van der Waals surface area contributed by atoms with E-state index in [9.17, 15) is 18.0 Å². The van der Waals surface area contributed by atoms with Gasteiger partial charge in [-0.1, -0.05) is 60.4 Å². The first kappa shape index (κ1) is 25.7. The van der Waals surface area contributed by atoms with Crippen molar-refractivity contribution in [3.8, 4) is 0 Å². The molecule has 3 rings (SSSR count). The van der Waals surface area contributed by atoms with Crippen LogP contribution in [0.15, 0.2) is 48.5 Å². The van der Waals surface area contributed by atoms with Crippen molar-refractivity contribution in [1.82, 2.24) is 10.2 Å². The molecule has 0 spiro atoms. The van der Waals surface area contributed by atoms with Crippen LogP contribution in [0.25, 0.3) is 0 Å². The maximum atomic E-state index is 13.5. The van der Waals surface area contributed by atoms with E-state index in [1.54, 1.807) is 31.2 Å². The van der Waals surface area contributed by atoms with Crippen molar-refractivity contribution >= 4 is 27.5 Å². The van der Waals surface area contributed by atoms with Gasteiger partial charge in [0.15, 0.2) is 0 Å². The number of benzene rings is 2. The van der Waals surface area contributed by atoms with Crippen molar-refractivity contribution in [2.75, 3.05) is 17.1 Å². The van der Waals surface area contributed by atoms with Gasteiger partial charge in [-0.05, 0) is 51.3 Å². The molecule has 34 heavy (non-hydrogen) atoms. The molecule has 2 aromatic carbocycles. The van der Waals surface area contributed by atoms with E-state index < -0.39 is 22.0 Å². The van der Waals surface area contributed by atoms with Crippen LogP contribution in [0.4, 0.5) is 5.69 Å². The zero-order valence-electron chi connectivity index (χ0n) is 20.5. The summed E-state index contributed by atoms with van der Waals surface area (Å²) in [5.74, 6) is -0.644. The molecule has 0 saturated heterocycles. The van der Waals surface area contributed by atoms with E-state index in [0.29, 0.717) is 5.69 Å². The van der Waals surface area contributed by atoms with Crippen LogP contribution in [0.1, 0.15) is 49.3 Å². The summed E-state index contributed by atoms with van der Waals surface area (Å²) >= 11 is 0. The Bertz CT molecular complexity index is 1090. The Morgan fingerprint density at radius 3 is 2.03 bits per heavy atom. The molecule has 2 aromatic rings. The summed E-state index contributed by atoms with van der Waals surface area (Å²) in [6.07, 6.45) is 5.15. The van der Waals surface area contributed by atoms with Gasteiger partial charge in [-0.25, -0.2) is 8.42 Å². The largest absolute Gasteiger partial charge is 0.352 e. The quantitative estimate of drug-likeness (QED) is 0.589. The SMILES string of the molecule is Cc1ccc(CN(C(=O)CN(c2ccc(C)cc2)S(C)(=O)=O)C(C)C(=O)NC2CCCC2)cc1. The van der Waals surface area contributed by atoms with Gasteiger partial charge in [0, 0.05) is 12.6 Å². The lowest BCUT2D eigenvalue weighted by Gasteiger charge is -2.32. The fraction of sp³-hybridized carbons (Fsp3) is 0.462. The van der Waals surface area contributed by atoms with E-state index in [1.165, 1.54) is 4.90 Å². The summed E-state index contributed by atoms with van der Waals surface area (Å²) in [7, 11) is -3.72. The van der Waals surface area contributed by atoms with E-state index in [4.69, 9.17) is 0 Å². The number of rotatable bonds is 9. The van der Waals surface area contributed by atoms with Crippen LogP contribution in [-0.2, 0) is 26.2 Å². The summed E-state index contributed by atoms with van der Waals surface area (Å²) in [5.41, 5.74) is 3.37. The zero-order chi connectivity index (χ0) is 24.9. The zero-order valence-corrected chi connectivity index (χ0v) is 21.3. The first-order chi connectivity index (χ1) is 16.0. The highest BCUT2D eigenvalue weighted by atomic mass is 32.2. The van der Waals surface area contributed by atoms with Gasteiger partial charge in [-0.15, -0.1) is 0 Å². The van der Waals surface area contributed by atoms with Gasteiger partial charge < -0.3 is 10.2 Å². The second-order valence-electron chi connectivity index (χ2n) is 9.28. The topological polar surface area (TPSA) is 86.8 Å². The van der Waals surface area contributed by atoms with Crippen molar-refractivity contribution < 1.29 is 18.0 Å². The normalized spacial score (nSPS) is 15.1. The second-order valence-corrected chi connectivity index (χ2v) is 11.2. The Labute approximate surface area is 203 Å². The Kier molecular flexibility index (Phi) is 8.36. The van der Waals surface area contributed by atoms with Crippen LogP contribution in [-0.4, -0.2) is 50.0 Å². The van der Waals surface area contributed by atoms with Gasteiger partial charge in [-0.3, -0.25) is 13.9 Å². The molecular formula is C26H35N3O4S. The third-order valence-electron chi connectivity index (χ3n) is 6.34. The summed E-state index contributed by atoms with van der Waals surface area (Å²) in [4.78, 5) is 28.1. The number of nitrogens with zero attached hydrogens (tertiary/aromatic N) is 2. The van der Waals surface area contributed by atoms with Gasteiger partial charge in [0.1, 0.15) is 12.6 Å². The molecule has 1 atom stereocenters. The predicted octanol–water partition coefficient (Wildman–Crippen LogP) is 3.55. The molecule has 184 valence electrons. The number of anilines is 1. The fourth-order valence-corrected chi connectivity index (χ4v) is 5.04. The van der Waals surface area contributed by atoms with Crippen LogP contribution >= 0.6 is 0 Å². The van der Waals surface area contributed by atoms with E-state index in [2.05, 4.69) is 5.32 Å². The van der Waals surface area contributed by atoms with Gasteiger partial charge in [-0.2, -0.15) is 0 Å².